The molecule has 0 atom stereocenters. The molecule has 0 radical (unpaired) electrons. The first-order valence-corrected chi connectivity index (χ1v) is 10.4. The molecule has 0 aliphatic heterocycles. The molecule has 2 N–H and O–H groups in total. The number of carboxylic acid groups (broad SMARTS) is 1. The van der Waals surface area contributed by atoms with E-state index in [1.165, 1.54) is 12.1 Å². The Morgan fingerprint density at radius 2 is 1.61 bits per heavy atom. The van der Waals surface area contributed by atoms with E-state index in [2.05, 4.69) is 5.32 Å². The van der Waals surface area contributed by atoms with E-state index < -0.39 is 17.9 Å². The van der Waals surface area contributed by atoms with E-state index in [0.29, 0.717) is 4.70 Å². The van der Waals surface area contributed by atoms with Gasteiger partial charge in [0.25, 0.3) is 0 Å². The van der Waals surface area contributed by atoms with Crippen LogP contribution in [0.1, 0.15) is 26.7 Å². The van der Waals surface area contributed by atoms with Crippen LogP contribution in [0.4, 0.5) is 14.9 Å². The molecule has 31 heavy (non-hydrogen) atoms. The van der Waals surface area contributed by atoms with Gasteiger partial charge < -0.3 is 9.84 Å². The van der Waals surface area contributed by atoms with E-state index in [0.717, 1.165) is 33.6 Å². The molecule has 0 saturated heterocycles. The molecule has 0 fully saturated rings. The summed E-state index contributed by atoms with van der Waals surface area (Å²) in [4.78, 5) is 24.1. The lowest BCUT2D eigenvalue weighted by Gasteiger charge is -2.14. The van der Waals surface area contributed by atoms with E-state index in [-0.39, 0.29) is 28.5 Å². The summed E-state index contributed by atoms with van der Waals surface area (Å²) in [6.45, 7) is 0.0762. The van der Waals surface area contributed by atoms with E-state index >= 15 is 0 Å². The number of anilines is 1. The Hall–Kier alpha value is -3.71. The average molecular weight is 433 g/mol. The molecule has 7 heteroatoms. The van der Waals surface area contributed by atoms with Crippen LogP contribution in [0.15, 0.2) is 66.7 Å². The maximum Gasteiger partial charge on any atom is 0.411 e. The zero-order valence-electron chi connectivity index (χ0n) is 16.1. The number of carbonyl (C=O) groups is 2. The molecule has 5 rings (SSSR count). The van der Waals surface area contributed by atoms with Crippen LogP contribution >= 0.6 is 11.3 Å². The molecule has 0 unspecified atom stereocenters. The summed E-state index contributed by atoms with van der Waals surface area (Å²) in [6.07, 6.45) is -0.827. The van der Waals surface area contributed by atoms with Crippen molar-refractivity contribution in [2.75, 3.05) is 11.9 Å². The van der Waals surface area contributed by atoms with Gasteiger partial charge in [0.1, 0.15) is 17.3 Å². The van der Waals surface area contributed by atoms with Gasteiger partial charge in [-0.1, -0.05) is 54.6 Å². The Morgan fingerprint density at radius 3 is 2.26 bits per heavy atom. The lowest BCUT2D eigenvalue weighted by atomic mass is 9.98. The second-order valence-corrected chi connectivity index (χ2v) is 8.23. The van der Waals surface area contributed by atoms with Crippen molar-refractivity contribution in [3.8, 4) is 11.1 Å². The maximum absolute atomic E-state index is 14.4. The topological polar surface area (TPSA) is 75.6 Å². The number of benzene rings is 3. The Bertz CT molecular complexity index is 1300. The molecule has 1 amide bonds. The van der Waals surface area contributed by atoms with Crippen molar-refractivity contribution in [2.24, 2.45) is 0 Å². The Balaban J connectivity index is 1.41. The third-order valence-corrected chi connectivity index (χ3v) is 6.57. The van der Waals surface area contributed by atoms with Gasteiger partial charge in [-0.2, -0.15) is 0 Å². The zero-order chi connectivity index (χ0) is 21.5. The van der Waals surface area contributed by atoms with Crippen LogP contribution in [0.2, 0.25) is 0 Å². The van der Waals surface area contributed by atoms with Gasteiger partial charge in [-0.3, -0.25) is 5.32 Å². The maximum atomic E-state index is 14.4. The molecule has 1 heterocycles. The number of ether oxygens (including phenoxy) is 1. The standard InChI is InChI=1S/C24H16FNO4S/c25-18-10-5-11-19-20(18)21(22(31-19)23(27)28)26-24(29)30-12-17-15-8-3-1-6-13(15)14-7-2-4-9-16(14)17/h1-11,17H,12H2,(H,26,29)(H,27,28). The number of hydrogen-bond acceptors (Lipinski definition) is 4. The molecular formula is C24H16FNO4S. The second kappa shape index (κ2) is 7.52. The number of amides is 1. The lowest BCUT2D eigenvalue weighted by molar-refractivity contribution is 0.0703. The van der Waals surface area contributed by atoms with Crippen LogP contribution in [-0.2, 0) is 4.74 Å². The molecule has 3 aromatic carbocycles. The Kier molecular flexibility index (Phi) is 4.67. The summed E-state index contributed by atoms with van der Waals surface area (Å²) >= 11 is 0.903. The first-order chi connectivity index (χ1) is 15.0. The van der Waals surface area contributed by atoms with Crippen LogP contribution in [-0.4, -0.2) is 23.8 Å². The highest BCUT2D eigenvalue weighted by molar-refractivity contribution is 7.21. The largest absolute Gasteiger partial charge is 0.477 e. The minimum atomic E-state index is -1.24. The van der Waals surface area contributed by atoms with Gasteiger partial charge in [-0.25, -0.2) is 14.0 Å². The highest BCUT2D eigenvalue weighted by Crippen LogP contribution is 2.44. The van der Waals surface area contributed by atoms with Crippen molar-refractivity contribution in [3.63, 3.8) is 0 Å². The minimum Gasteiger partial charge on any atom is -0.477 e. The van der Waals surface area contributed by atoms with E-state index in [1.807, 2.05) is 48.5 Å². The van der Waals surface area contributed by atoms with Gasteiger partial charge in [-0.05, 0) is 34.4 Å². The highest BCUT2D eigenvalue weighted by Gasteiger charge is 2.29. The van der Waals surface area contributed by atoms with E-state index in [4.69, 9.17) is 4.74 Å². The summed E-state index contributed by atoms with van der Waals surface area (Å²) in [5, 5.41) is 12.0. The number of carboxylic acids is 1. The number of fused-ring (bicyclic) bond motifs is 4. The molecule has 154 valence electrons. The third kappa shape index (κ3) is 3.23. The van der Waals surface area contributed by atoms with Gasteiger partial charge in [0.2, 0.25) is 0 Å². The first-order valence-electron chi connectivity index (χ1n) is 9.61. The first kappa shape index (κ1) is 19.3. The Labute approximate surface area is 180 Å². The number of nitrogens with one attached hydrogen (secondary N) is 1. The van der Waals surface area contributed by atoms with Crippen molar-refractivity contribution in [3.05, 3.63) is 88.6 Å². The lowest BCUT2D eigenvalue weighted by Crippen LogP contribution is -2.19. The average Bonchev–Trinajstić information content (AvgIpc) is 3.29. The van der Waals surface area contributed by atoms with Gasteiger partial charge in [0.15, 0.2) is 0 Å². The van der Waals surface area contributed by atoms with Gasteiger partial charge >= 0.3 is 12.1 Å². The SMILES string of the molecule is O=C(Nc1c(C(=O)O)sc2cccc(F)c12)OCC1c2ccccc2-c2ccccc21. The molecule has 0 bridgehead atoms. The molecule has 0 saturated carbocycles. The monoisotopic (exact) mass is 433 g/mol. The fraction of sp³-hybridized carbons (Fsp3) is 0.0833. The number of thiophene rings is 1. The molecule has 1 aliphatic rings. The van der Waals surface area contributed by atoms with Crippen molar-refractivity contribution >= 4 is 39.2 Å². The summed E-state index contributed by atoms with van der Waals surface area (Å²) in [7, 11) is 0. The highest BCUT2D eigenvalue weighted by atomic mass is 32.1. The fourth-order valence-electron chi connectivity index (χ4n) is 4.11. The fourth-order valence-corrected chi connectivity index (χ4v) is 5.12. The van der Waals surface area contributed by atoms with Crippen LogP contribution in [0.5, 0.6) is 0 Å². The molecule has 0 spiro atoms. The smallest absolute Gasteiger partial charge is 0.411 e. The predicted molar refractivity (Wildman–Crippen MR) is 117 cm³/mol. The van der Waals surface area contributed by atoms with Crippen molar-refractivity contribution in [2.45, 2.75) is 5.92 Å². The molecule has 5 nitrogen and oxygen atoms in total. The summed E-state index contributed by atoms with van der Waals surface area (Å²) < 4.78 is 20.3. The van der Waals surface area contributed by atoms with Crippen molar-refractivity contribution in [1.29, 1.82) is 0 Å². The second-order valence-electron chi connectivity index (χ2n) is 7.17. The van der Waals surface area contributed by atoms with Crippen LogP contribution in [0.3, 0.4) is 0 Å². The van der Waals surface area contributed by atoms with Crippen LogP contribution in [0, 0.1) is 5.82 Å². The normalized spacial score (nSPS) is 12.4. The molecule has 1 aromatic heterocycles. The minimum absolute atomic E-state index is 0.0680. The van der Waals surface area contributed by atoms with Crippen LogP contribution in [0.25, 0.3) is 21.2 Å². The summed E-state index contributed by atoms with van der Waals surface area (Å²) in [5.74, 6) is -1.97. The summed E-state index contributed by atoms with van der Waals surface area (Å²) in [6, 6.07) is 20.2. The quantitative estimate of drug-likeness (QED) is 0.408. The third-order valence-electron chi connectivity index (χ3n) is 5.43. The number of carbonyl (C=O) groups excluding carboxylic acids is 1. The van der Waals surface area contributed by atoms with Crippen LogP contribution < -0.4 is 5.32 Å². The zero-order valence-corrected chi connectivity index (χ0v) is 16.9. The van der Waals surface area contributed by atoms with Gasteiger partial charge in [-0.15, -0.1) is 11.3 Å². The number of aromatic carboxylic acids is 1. The number of halogens is 1. The van der Waals surface area contributed by atoms with Crippen molar-refractivity contribution < 1.29 is 23.8 Å². The van der Waals surface area contributed by atoms with E-state index in [9.17, 15) is 19.1 Å². The predicted octanol–water partition coefficient (Wildman–Crippen LogP) is 6.10. The Morgan fingerprint density at radius 1 is 0.968 bits per heavy atom. The van der Waals surface area contributed by atoms with Gasteiger partial charge in [0.05, 0.1) is 11.1 Å². The number of hydrogen-bond donors (Lipinski definition) is 2. The molecule has 4 aromatic rings. The molecular weight excluding hydrogens is 417 g/mol. The number of rotatable bonds is 4. The summed E-state index contributed by atoms with van der Waals surface area (Å²) in [5.41, 5.74) is 4.25. The van der Waals surface area contributed by atoms with E-state index in [1.54, 1.807) is 6.07 Å². The molecule has 1 aliphatic carbocycles. The van der Waals surface area contributed by atoms with Gasteiger partial charge in [0, 0.05) is 10.6 Å². The van der Waals surface area contributed by atoms with Crippen molar-refractivity contribution in [1.82, 2.24) is 0 Å².